The third-order valence-electron chi connectivity index (χ3n) is 6.63. The lowest BCUT2D eigenvalue weighted by Crippen LogP contribution is -2.42. The van der Waals surface area contributed by atoms with E-state index >= 15 is 0 Å². The summed E-state index contributed by atoms with van der Waals surface area (Å²) in [5.74, 6) is 0.985. The molecule has 7 nitrogen and oxygen atoms in total. The Morgan fingerprint density at radius 1 is 0.868 bits per heavy atom. The van der Waals surface area contributed by atoms with Crippen molar-refractivity contribution in [2.24, 2.45) is 5.41 Å². The van der Waals surface area contributed by atoms with Crippen LogP contribution in [0.1, 0.15) is 92.4 Å². The van der Waals surface area contributed by atoms with Gasteiger partial charge < -0.3 is 17.8 Å². The van der Waals surface area contributed by atoms with Gasteiger partial charge in [0.1, 0.15) is 5.78 Å². The van der Waals surface area contributed by atoms with Gasteiger partial charge in [0.15, 0.2) is 0 Å². The van der Waals surface area contributed by atoms with Crippen molar-refractivity contribution >= 4 is 43.7 Å². The monoisotopic (exact) mass is 618 g/mol. The Balaban J connectivity index is 0. The van der Waals surface area contributed by atoms with Crippen LogP contribution in [0.15, 0.2) is 0 Å². The van der Waals surface area contributed by atoms with Gasteiger partial charge in [-0.1, -0.05) is 53.9 Å². The van der Waals surface area contributed by atoms with Crippen molar-refractivity contribution in [3.8, 4) is 0 Å². The molecule has 11 heteroatoms. The van der Waals surface area contributed by atoms with Gasteiger partial charge in [0.2, 0.25) is 0 Å². The molecule has 0 saturated carbocycles. The minimum absolute atomic E-state index is 0.0226. The third kappa shape index (κ3) is 22.2. The zero-order chi connectivity index (χ0) is 29.7. The van der Waals surface area contributed by atoms with Crippen LogP contribution in [-0.2, 0) is 28.2 Å². The van der Waals surface area contributed by atoms with E-state index in [1.54, 1.807) is 65.4 Å². The molecule has 0 bridgehead atoms. The zero-order valence-corrected chi connectivity index (χ0v) is 29.5. The number of hydrogen-bond acceptors (Lipinski definition) is 8. The first kappa shape index (κ1) is 40.6. The van der Waals surface area contributed by atoms with Crippen molar-refractivity contribution < 1.29 is 31.0 Å². The Kier molecular flexibility index (Phi) is 23.6. The minimum Gasteiger partial charge on any atom is -0.748 e. The molecule has 0 radical (unpaired) electrons. The van der Waals surface area contributed by atoms with Crippen LogP contribution in [0.3, 0.4) is 0 Å². The zero-order valence-electron chi connectivity index (χ0n) is 25.9. The molecule has 0 fully saturated rings. The van der Waals surface area contributed by atoms with Crippen LogP contribution in [0.25, 0.3) is 0 Å². The molecule has 38 heavy (non-hydrogen) atoms. The third-order valence-corrected chi connectivity index (χ3v) is 15.9. The average Bonchev–Trinajstić information content (AvgIpc) is 2.84. The van der Waals surface area contributed by atoms with Gasteiger partial charge in [-0.15, -0.1) is 0 Å². The minimum atomic E-state index is -4.32. The van der Waals surface area contributed by atoms with Gasteiger partial charge in [0.05, 0.1) is 28.6 Å². The Labute approximate surface area is 241 Å². The number of thioether (sulfide) groups is 1. The molecule has 230 valence electrons. The van der Waals surface area contributed by atoms with Crippen LogP contribution in [0.4, 0.5) is 0 Å². The second kappa shape index (κ2) is 22.1. The molecule has 0 spiro atoms. The van der Waals surface area contributed by atoms with E-state index in [0.717, 1.165) is 12.2 Å². The highest BCUT2D eigenvalue weighted by atomic mass is 32.2. The molecule has 0 aromatic rings. The molecule has 0 unspecified atom stereocenters. The Morgan fingerprint density at radius 2 is 1.32 bits per heavy atom. The first-order valence-corrected chi connectivity index (χ1v) is 21.6. The molecule has 0 aliphatic heterocycles. The lowest BCUT2D eigenvalue weighted by atomic mass is 9.89. The molecule has 0 atom stereocenters. The lowest BCUT2D eigenvalue weighted by Gasteiger charge is -2.25. The van der Waals surface area contributed by atoms with Gasteiger partial charge in [-0.2, -0.15) is 11.8 Å². The summed E-state index contributed by atoms with van der Waals surface area (Å²) in [6, 6.07) is 0.714. The fourth-order valence-corrected chi connectivity index (χ4v) is 12.2. The molecule has 0 N–H and O–H groups in total. The number of ketones is 1. The standard InChI is InChI=1S/C14H30O7S2Si.C13H30P/c1-14(2,12-23(16,17)18)11-13(15)7-9-22-8-6-10-24(19-3,20-4)21-5;1-5-8-11-14(4,12-9-6-2)13-10-7-3/h6-12H2,1-5H3,(H,16,17,18);5-13H2,1-4H3/q;+1/p-1. The van der Waals surface area contributed by atoms with Crippen LogP contribution in [0.5, 0.6) is 0 Å². The fraction of sp³-hybridized carbons (Fsp3) is 0.963. The number of hydrogen-bond donors (Lipinski definition) is 0. The first-order valence-electron chi connectivity index (χ1n) is 14.2. The smallest absolute Gasteiger partial charge is 0.500 e. The molecule has 0 rings (SSSR count). The van der Waals surface area contributed by atoms with Crippen LogP contribution in [-0.4, -0.2) is 91.3 Å². The van der Waals surface area contributed by atoms with Gasteiger partial charge >= 0.3 is 8.80 Å². The van der Waals surface area contributed by atoms with Crippen molar-refractivity contribution in [3.05, 3.63) is 0 Å². The SMILES string of the molecule is CCCC[P+](C)(CCCC)CCCC.CO[Si](CCCSCCC(=O)CC(C)(C)CS(=O)(=O)[O-])(OC)OC. The van der Waals surface area contributed by atoms with Crippen LogP contribution in [0, 0.1) is 5.41 Å². The number of rotatable bonds is 23. The normalized spacial score (nSPS) is 12.8. The maximum atomic E-state index is 11.9. The highest BCUT2D eigenvalue weighted by Gasteiger charge is 2.36. The molecule has 0 saturated heterocycles. The summed E-state index contributed by atoms with van der Waals surface area (Å²) in [5.41, 5.74) is -0.817. The number of carbonyl (C=O) groups is 1. The van der Waals surface area contributed by atoms with Crippen molar-refractivity contribution in [1.29, 1.82) is 0 Å². The van der Waals surface area contributed by atoms with E-state index in [1.807, 2.05) is 0 Å². The predicted molar refractivity (Wildman–Crippen MR) is 168 cm³/mol. The second-order valence-electron chi connectivity index (χ2n) is 11.2. The quantitative estimate of drug-likeness (QED) is 0.0525. The predicted octanol–water partition coefficient (Wildman–Crippen LogP) is 6.94. The Morgan fingerprint density at radius 3 is 1.68 bits per heavy atom. The van der Waals surface area contributed by atoms with Crippen LogP contribution >= 0.6 is 19.0 Å². The molecule has 0 aliphatic carbocycles. The molecule has 0 amide bonds. The lowest BCUT2D eigenvalue weighted by molar-refractivity contribution is -0.120. The van der Waals surface area contributed by atoms with Crippen molar-refractivity contribution in [3.63, 3.8) is 0 Å². The van der Waals surface area contributed by atoms with Gasteiger partial charge in [-0.3, -0.25) is 4.79 Å². The van der Waals surface area contributed by atoms with Crippen molar-refractivity contribution in [1.82, 2.24) is 0 Å². The highest BCUT2D eigenvalue weighted by Crippen LogP contribution is 2.57. The summed E-state index contributed by atoms with van der Waals surface area (Å²) >= 11 is 1.65. The first-order chi connectivity index (χ1) is 17.7. The van der Waals surface area contributed by atoms with Gasteiger partial charge in [0, 0.05) is 65.6 Å². The summed E-state index contributed by atoms with van der Waals surface area (Å²) in [4.78, 5) is 11.9. The van der Waals surface area contributed by atoms with E-state index in [1.165, 1.54) is 38.5 Å². The topological polar surface area (TPSA) is 102 Å². The Hall–Kier alpha value is 0.457. The van der Waals surface area contributed by atoms with E-state index in [0.29, 0.717) is 18.2 Å². The summed E-state index contributed by atoms with van der Waals surface area (Å²) in [5, 5.41) is 0. The molecule has 0 aliphatic rings. The summed E-state index contributed by atoms with van der Waals surface area (Å²) in [6.45, 7) is 12.8. The van der Waals surface area contributed by atoms with Crippen LogP contribution < -0.4 is 0 Å². The Bertz CT molecular complexity index is 672. The molecular weight excluding hydrogens is 559 g/mol. The van der Waals surface area contributed by atoms with Gasteiger partial charge in [0.25, 0.3) is 0 Å². The van der Waals surface area contributed by atoms with Crippen molar-refractivity contribution in [2.75, 3.05) is 63.7 Å². The van der Waals surface area contributed by atoms with E-state index in [-0.39, 0.29) is 12.2 Å². The second-order valence-corrected chi connectivity index (χ2v) is 21.5. The van der Waals surface area contributed by atoms with Gasteiger partial charge in [-0.25, -0.2) is 8.42 Å². The summed E-state index contributed by atoms with van der Waals surface area (Å²) in [7, 11) is -2.63. The maximum absolute atomic E-state index is 11.9. The van der Waals surface area contributed by atoms with E-state index < -0.39 is 37.4 Å². The molecule has 0 aromatic heterocycles. The summed E-state index contributed by atoms with van der Waals surface area (Å²) < 4.78 is 48.4. The highest BCUT2D eigenvalue weighted by molar-refractivity contribution is 7.99. The number of carbonyl (C=O) groups excluding carboxylic acids is 1. The summed E-state index contributed by atoms with van der Waals surface area (Å²) in [6.07, 6.45) is 14.6. The van der Waals surface area contributed by atoms with E-state index in [4.69, 9.17) is 13.3 Å². The van der Waals surface area contributed by atoms with E-state index in [9.17, 15) is 17.8 Å². The molecular formula is C27H59O7PS2Si. The number of Topliss-reactive ketones (excluding diaryl/α,β-unsaturated/α-hetero) is 1. The maximum Gasteiger partial charge on any atom is 0.500 e. The fourth-order valence-electron chi connectivity index (χ4n) is 4.34. The van der Waals surface area contributed by atoms with Crippen molar-refractivity contribution in [2.45, 2.75) is 98.5 Å². The largest absolute Gasteiger partial charge is 0.748 e. The van der Waals surface area contributed by atoms with Crippen LogP contribution in [0.2, 0.25) is 6.04 Å². The van der Waals surface area contributed by atoms with E-state index in [2.05, 4.69) is 27.4 Å². The van der Waals surface area contributed by atoms with Gasteiger partial charge in [-0.05, 0) is 36.9 Å². The average molecular weight is 619 g/mol. The number of unbranched alkanes of at least 4 members (excludes halogenated alkanes) is 3. The molecule has 0 heterocycles. The molecule has 0 aromatic carbocycles.